The molecule has 474 valence electrons. The van der Waals surface area contributed by atoms with Gasteiger partial charge in [0.1, 0.15) is 19.3 Å². The van der Waals surface area contributed by atoms with Crippen molar-refractivity contribution in [3.63, 3.8) is 0 Å². The van der Waals surface area contributed by atoms with Gasteiger partial charge in [-0.05, 0) is 109 Å². The van der Waals surface area contributed by atoms with E-state index in [2.05, 4.69) is 111 Å². The number of phosphoric acid groups is 1. The Bertz CT molecular complexity index is 1720. The van der Waals surface area contributed by atoms with Crippen LogP contribution in [0.1, 0.15) is 297 Å². The van der Waals surface area contributed by atoms with Crippen LogP contribution in [0.4, 0.5) is 0 Å². The van der Waals surface area contributed by atoms with Crippen LogP contribution >= 0.6 is 7.82 Å². The maximum Gasteiger partial charge on any atom is 0.306 e. The fraction of sp³-hybridized carbons (Fsp3) is 0.750. The number of esters is 1. The molecule has 0 aliphatic rings. The molecule has 1 amide bonds. The summed E-state index contributed by atoms with van der Waals surface area (Å²) in [6, 6.07) is -0.899. The van der Waals surface area contributed by atoms with Crippen LogP contribution in [0.25, 0.3) is 0 Å². The number of hydrogen-bond donors (Lipinski definition) is 1. The number of ether oxygens (including phenoxy) is 1. The van der Waals surface area contributed by atoms with E-state index in [1.165, 1.54) is 141 Å². The lowest BCUT2D eigenvalue weighted by atomic mass is 10.0. The maximum atomic E-state index is 13.6. The van der Waals surface area contributed by atoms with Gasteiger partial charge in [-0.1, -0.05) is 272 Å². The van der Waals surface area contributed by atoms with Crippen LogP contribution in [0.5, 0.6) is 0 Å². The van der Waals surface area contributed by atoms with E-state index < -0.39 is 26.6 Å². The first-order valence-electron chi connectivity index (χ1n) is 34.0. The van der Waals surface area contributed by atoms with Crippen LogP contribution in [0.15, 0.2) is 97.2 Å². The summed E-state index contributed by atoms with van der Waals surface area (Å²) < 4.78 is 30.4. The minimum Gasteiger partial charge on any atom is -0.756 e. The van der Waals surface area contributed by atoms with Gasteiger partial charge in [-0.25, -0.2) is 0 Å². The van der Waals surface area contributed by atoms with Gasteiger partial charge in [0.25, 0.3) is 7.82 Å². The van der Waals surface area contributed by atoms with Crippen LogP contribution < -0.4 is 10.2 Å². The molecule has 0 spiro atoms. The molecule has 10 heteroatoms. The summed E-state index contributed by atoms with van der Waals surface area (Å²) in [6.45, 7) is 6.71. The average Bonchev–Trinajstić information content (AvgIpc) is 3.44. The molecule has 0 aliphatic carbocycles. The Morgan fingerprint density at radius 1 is 0.439 bits per heavy atom. The first-order valence-corrected chi connectivity index (χ1v) is 35.5. The van der Waals surface area contributed by atoms with Crippen molar-refractivity contribution in [3.05, 3.63) is 97.2 Å². The molecule has 9 nitrogen and oxygen atoms in total. The monoisotopic (exact) mass is 1160 g/mol. The highest BCUT2D eigenvalue weighted by Crippen LogP contribution is 2.38. The van der Waals surface area contributed by atoms with Crippen molar-refractivity contribution in [2.75, 3.05) is 40.9 Å². The zero-order valence-electron chi connectivity index (χ0n) is 54.2. The normalized spacial score (nSPS) is 14.2. The van der Waals surface area contributed by atoms with E-state index in [4.69, 9.17) is 13.8 Å². The second kappa shape index (κ2) is 61.0. The zero-order valence-corrected chi connectivity index (χ0v) is 55.1. The number of quaternary nitrogens is 1. The smallest absolute Gasteiger partial charge is 0.306 e. The van der Waals surface area contributed by atoms with Gasteiger partial charge < -0.3 is 28.5 Å². The van der Waals surface area contributed by atoms with E-state index in [0.717, 1.165) is 122 Å². The number of allylic oxidation sites excluding steroid dienone is 15. The first-order chi connectivity index (χ1) is 39.9. The SMILES string of the molecule is CC/C=C\C/C=C\C/C=C\C/C=C\C/C=C\CCCCCCCCCCCC(=O)OC(/C=C\CCCCCCCCCCCC)C(COP(=O)([O-])OCC[N+](C)(C)C)NC(=O)CCCCCCCCCCC/C=C\C/C=C\CCCCC. The van der Waals surface area contributed by atoms with Crippen LogP contribution in [0.2, 0.25) is 0 Å². The van der Waals surface area contributed by atoms with E-state index in [1.54, 1.807) is 0 Å². The Labute approximate surface area is 507 Å². The Hall–Kier alpha value is -3.07. The van der Waals surface area contributed by atoms with E-state index in [1.807, 2.05) is 33.3 Å². The minimum atomic E-state index is -4.71. The number of likely N-dealkylation sites (N-methyl/N-ethyl adjacent to an activating group) is 1. The highest BCUT2D eigenvalue weighted by Gasteiger charge is 2.27. The molecule has 3 unspecified atom stereocenters. The lowest BCUT2D eigenvalue weighted by Gasteiger charge is -2.30. The fourth-order valence-corrected chi connectivity index (χ4v) is 10.2. The third kappa shape index (κ3) is 61.5. The van der Waals surface area contributed by atoms with Crippen LogP contribution in [-0.4, -0.2) is 69.4 Å². The molecular weight excluding hydrogens is 1040 g/mol. The molecule has 0 aromatic heterocycles. The third-order valence-electron chi connectivity index (χ3n) is 14.7. The van der Waals surface area contributed by atoms with Gasteiger partial charge in [-0.3, -0.25) is 14.2 Å². The van der Waals surface area contributed by atoms with Crippen LogP contribution in [-0.2, 0) is 27.9 Å². The highest BCUT2D eigenvalue weighted by atomic mass is 31.2. The summed E-state index contributed by atoms with van der Waals surface area (Å²) in [7, 11) is 1.17. The summed E-state index contributed by atoms with van der Waals surface area (Å²) in [4.78, 5) is 40.1. The van der Waals surface area contributed by atoms with Gasteiger partial charge in [0.05, 0.1) is 33.8 Å². The lowest BCUT2D eigenvalue weighted by molar-refractivity contribution is -0.870. The molecule has 0 saturated carbocycles. The topological polar surface area (TPSA) is 114 Å². The summed E-state index contributed by atoms with van der Waals surface area (Å²) in [6.07, 6.45) is 82.3. The number of unbranched alkanes of at least 4 members (excludes halogenated alkanes) is 31. The van der Waals surface area contributed by atoms with Crippen LogP contribution in [0.3, 0.4) is 0 Å². The Morgan fingerprint density at radius 3 is 1.20 bits per heavy atom. The molecule has 3 atom stereocenters. The zero-order chi connectivity index (χ0) is 60.0. The predicted octanol–water partition coefficient (Wildman–Crippen LogP) is 20.9. The number of amides is 1. The van der Waals surface area contributed by atoms with Gasteiger partial charge in [0.15, 0.2) is 0 Å². The summed E-state index contributed by atoms with van der Waals surface area (Å²) in [5, 5.41) is 3.03. The molecule has 0 bridgehead atoms. The molecule has 0 aromatic carbocycles. The molecule has 0 aromatic rings. The number of carbonyl (C=O) groups excluding carboxylic acids is 2. The Balaban J connectivity index is 5.14. The van der Waals surface area contributed by atoms with Gasteiger partial charge >= 0.3 is 5.97 Å². The number of phosphoric ester groups is 1. The number of hydrogen-bond acceptors (Lipinski definition) is 7. The van der Waals surface area contributed by atoms with Crippen molar-refractivity contribution < 1.29 is 37.3 Å². The average molecular weight is 1170 g/mol. The Morgan fingerprint density at radius 2 is 0.780 bits per heavy atom. The predicted molar refractivity (Wildman–Crippen MR) is 353 cm³/mol. The van der Waals surface area contributed by atoms with E-state index >= 15 is 0 Å². The van der Waals surface area contributed by atoms with Crippen molar-refractivity contribution in [3.8, 4) is 0 Å². The molecule has 0 aliphatic heterocycles. The van der Waals surface area contributed by atoms with E-state index in [-0.39, 0.29) is 24.9 Å². The van der Waals surface area contributed by atoms with Crippen molar-refractivity contribution >= 4 is 19.7 Å². The van der Waals surface area contributed by atoms with Gasteiger partial charge in [-0.2, -0.15) is 0 Å². The minimum absolute atomic E-state index is 0.0277. The van der Waals surface area contributed by atoms with Crippen molar-refractivity contribution in [2.24, 2.45) is 0 Å². The maximum absolute atomic E-state index is 13.6. The van der Waals surface area contributed by atoms with E-state index in [0.29, 0.717) is 17.4 Å². The van der Waals surface area contributed by atoms with Crippen molar-refractivity contribution in [1.82, 2.24) is 5.32 Å². The number of nitrogens with one attached hydrogen (secondary N) is 1. The molecule has 82 heavy (non-hydrogen) atoms. The second-order valence-electron chi connectivity index (χ2n) is 23.9. The summed E-state index contributed by atoms with van der Waals surface area (Å²) in [5.41, 5.74) is 0. The second-order valence-corrected chi connectivity index (χ2v) is 25.4. The van der Waals surface area contributed by atoms with Crippen molar-refractivity contribution in [1.29, 1.82) is 0 Å². The number of nitrogens with zero attached hydrogens (tertiary/aromatic N) is 1. The molecule has 0 radical (unpaired) electrons. The molecule has 0 rings (SSSR count). The standard InChI is InChI=1S/C72H129N2O7P/c1-7-10-13-16-19-22-25-28-30-32-34-35-36-37-38-39-41-43-45-47-50-53-56-59-62-65-72(76)81-70(63-60-57-54-51-48-27-24-21-18-15-12-9-3)69(68-80-82(77,78)79-67-66-74(4,5)6)73-71(75)64-61-58-55-52-49-46-44-42-40-33-31-29-26-23-20-17-14-11-8-2/h10,13,19-20,22-23,28-31,34-35,37-38,60,63,69-70H,7-9,11-12,14-18,21,24-27,32-33,36,39-59,61-62,64-68H2,1-6H3,(H-,73,75,77,78)/b13-10-,22-19-,23-20-,30-28-,31-29-,35-34-,38-37-,63-60-. The summed E-state index contributed by atoms with van der Waals surface area (Å²) in [5.74, 6) is -0.551. The molecule has 0 fully saturated rings. The summed E-state index contributed by atoms with van der Waals surface area (Å²) >= 11 is 0. The largest absolute Gasteiger partial charge is 0.756 e. The van der Waals surface area contributed by atoms with E-state index in [9.17, 15) is 19.0 Å². The number of carbonyl (C=O) groups is 2. The first kappa shape index (κ1) is 78.9. The molecular formula is C72H129N2O7P. The van der Waals surface area contributed by atoms with Crippen molar-refractivity contribution in [2.45, 2.75) is 309 Å². The quantitative estimate of drug-likeness (QED) is 0.0212. The third-order valence-corrected chi connectivity index (χ3v) is 15.7. The fourth-order valence-electron chi connectivity index (χ4n) is 9.52. The lowest BCUT2D eigenvalue weighted by Crippen LogP contribution is -2.47. The molecule has 1 N–H and O–H groups in total. The Kier molecular flexibility index (Phi) is 58.7. The van der Waals surface area contributed by atoms with Crippen LogP contribution in [0, 0.1) is 0 Å². The molecule has 0 heterocycles. The number of rotatable bonds is 61. The molecule has 0 saturated heterocycles. The highest BCUT2D eigenvalue weighted by molar-refractivity contribution is 7.45. The van der Waals surface area contributed by atoms with Gasteiger partial charge in [0, 0.05) is 12.8 Å². The van der Waals surface area contributed by atoms with Gasteiger partial charge in [0.2, 0.25) is 5.91 Å². The van der Waals surface area contributed by atoms with Gasteiger partial charge in [-0.15, -0.1) is 0 Å².